The topological polar surface area (TPSA) is 69.6 Å². The molecule has 0 aliphatic heterocycles. The molecule has 1 aromatic heterocycles. The number of guanidine groups is 1. The average molecular weight is 517 g/mol. The molecule has 0 saturated heterocycles. The van der Waals surface area contributed by atoms with E-state index in [9.17, 15) is 4.79 Å². The lowest BCUT2D eigenvalue weighted by atomic mass is 10.3. The molecule has 0 radical (unpaired) electrons. The second-order valence-electron chi connectivity index (χ2n) is 6.18. The standard InChI is InChI=1S/C20H31N5OS.HI/c1-4-21-20(23-15-13-19(26)25(5-2)6-3)22-14-9-12-18-24-16-10-7-8-11-17(16)27-18;/h7-8,10-11H,4-6,9,12-15H2,1-3H3,(H2,21,22,23);1H. The Bertz CT molecular complexity index is 712. The van der Waals surface area contributed by atoms with Gasteiger partial charge in [-0.25, -0.2) is 4.98 Å². The summed E-state index contributed by atoms with van der Waals surface area (Å²) in [5, 5.41) is 7.65. The summed E-state index contributed by atoms with van der Waals surface area (Å²) in [6, 6.07) is 8.24. The lowest BCUT2D eigenvalue weighted by Crippen LogP contribution is -2.40. The Morgan fingerprint density at radius 2 is 1.93 bits per heavy atom. The SMILES string of the molecule is CCNC(=NCCCc1nc2ccccc2s1)NCCC(=O)N(CC)CC.I. The number of hydrogen-bond donors (Lipinski definition) is 2. The van der Waals surface area contributed by atoms with Gasteiger partial charge in [-0.1, -0.05) is 12.1 Å². The van der Waals surface area contributed by atoms with Gasteiger partial charge in [0, 0.05) is 45.6 Å². The van der Waals surface area contributed by atoms with Gasteiger partial charge >= 0.3 is 0 Å². The number of nitrogens with one attached hydrogen (secondary N) is 2. The molecule has 0 spiro atoms. The molecule has 0 bridgehead atoms. The summed E-state index contributed by atoms with van der Waals surface area (Å²) in [4.78, 5) is 23.2. The Morgan fingerprint density at radius 3 is 2.61 bits per heavy atom. The number of para-hydroxylation sites is 1. The number of aliphatic imine (C=N–C) groups is 1. The van der Waals surface area contributed by atoms with Crippen LogP contribution in [-0.4, -0.2) is 54.5 Å². The van der Waals surface area contributed by atoms with E-state index in [-0.39, 0.29) is 29.9 Å². The van der Waals surface area contributed by atoms with Gasteiger partial charge in [0.1, 0.15) is 0 Å². The molecule has 156 valence electrons. The molecule has 0 saturated carbocycles. The summed E-state index contributed by atoms with van der Waals surface area (Å²) < 4.78 is 1.24. The Kier molecular flexibility index (Phi) is 12.1. The van der Waals surface area contributed by atoms with Crippen LogP contribution < -0.4 is 10.6 Å². The van der Waals surface area contributed by atoms with Crippen LogP contribution >= 0.6 is 35.3 Å². The van der Waals surface area contributed by atoms with Crippen molar-refractivity contribution < 1.29 is 4.79 Å². The lowest BCUT2D eigenvalue weighted by molar-refractivity contribution is -0.130. The minimum atomic E-state index is 0. The average Bonchev–Trinajstić information content (AvgIpc) is 3.09. The monoisotopic (exact) mass is 517 g/mol. The van der Waals surface area contributed by atoms with E-state index in [1.54, 1.807) is 11.3 Å². The molecule has 2 rings (SSSR count). The van der Waals surface area contributed by atoms with Gasteiger partial charge < -0.3 is 15.5 Å². The van der Waals surface area contributed by atoms with Crippen molar-refractivity contribution in [3.05, 3.63) is 29.3 Å². The van der Waals surface area contributed by atoms with E-state index in [2.05, 4.69) is 32.7 Å². The molecule has 2 aromatic rings. The number of hydrogen-bond acceptors (Lipinski definition) is 4. The van der Waals surface area contributed by atoms with Crippen LogP contribution in [0.25, 0.3) is 10.2 Å². The smallest absolute Gasteiger partial charge is 0.224 e. The van der Waals surface area contributed by atoms with Crippen LogP contribution in [0.4, 0.5) is 0 Å². The van der Waals surface area contributed by atoms with Crippen molar-refractivity contribution in [3.63, 3.8) is 0 Å². The highest BCUT2D eigenvalue weighted by molar-refractivity contribution is 14.0. The van der Waals surface area contributed by atoms with Crippen LogP contribution in [0.1, 0.15) is 38.6 Å². The Labute approximate surface area is 189 Å². The maximum Gasteiger partial charge on any atom is 0.224 e. The number of carbonyl (C=O) groups excluding carboxylic acids is 1. The fraction of sp³-hybridized carbons (Fsp3) is 0.550. The van der Waals surface area contributed by atoms with Crippen LogP contribution in [0.15, 0.2) is 29.3 Å². The summed E-state index contributed by atoms with van der Waals surface area (Å²) in [5.41, 5.74) is 1.08. The summed E-state index contributed by atoms with van der Waals surface area (Å²) in [6.45, 7) is 9.70. The molecule has 8 heteroatoms. The summed E-state index contributed by atoms with van der Waals surface area (Å²) in [6.07, 6.45) is 2.37. The quantitative estimate of drug-likeness (QED) is 0.219. The van der Waals surface area contributed by atoms with Crippen LogP contribution in [0.2, 0.25) is 0 Å². The Morgan fingerprint density at radius 1 is 1.18 bits per heavy atom. The van der Waals surface area contributed by atoms with Gasteiger partial charge in [-0.05, 0) is 39.3 Å². The predicted octanol–water partition coefficient (Wildman–Crippen LogP) is 3.66. The number of benzene rings is 1. The number of aromatic nitrogens is 1. The summed E-state index contributed by atoms with van der Waals surface area (Å²) in [7, 11) is 0. The van der Waals surface area contributed by atoms with Crippen molar-refractivity contribution in [3.8, 4) is 0 Å². The first kappa shape index (κ1) is 24.6. The third kappa shape index (κ3) is 7.90. The lowest BCUT2D eigenvalue weighted by Gasteiger charge is -2.19. The van der Waals surface area contributed by atoms with E-state index in [4.69, 9.17) is 0 Å². The van der Waals surface area contributed by atoms with Crippen LogP contribution in [-0.2, 0) is 11.2 Å². The Balaban J connectivity index is 0.00000392. The van der Waals surface area contributed by atoms with Gasteiger partial charge in [0.25, 0.3) is 0 Å². The van der Waals surface area contributed by atoms with Crippen LogP contribution in [0.3, 0.4) is 0 Å². The first-order chi connectivity index (χ1) is 13.2. The first-order valence-electron chi connectivity index (χ1n) is 9.82. The first-order valence-corrected chi connectivity index (χ1v) is 10.6. The molecule has 0 atom stereocenters. The molecule has 0 aliphatic rings. The third-order valence-corrected chi connectivity index (χ3v) is 5.34. The minimum Gasteiger partial charge on any atom is -0.357 e. The van der Waals surface area contributed by atoms with E-state index in [0.29, 0.717) is 13.0 Å². The largest absolute Gasteiger partial charge is 0.357 e. The number of fused-ring (bicyclic) bond motifs is 1. The van der Waals surface area contributed by atoms with Crippen LogP contribution in [0.5, 0.6) is 0 Å². The number of carbonyl (C=O) groups is 1. The van der Waals surface area contributed by atoms with Crippen molar-refractivity contribution in [2.75, 3.05) is 32.7 Å². The molecule has 0 fully saturated rings. The molecule has 0 aliphatic carbocycles. The Hall–Kier alpha value is -1.42. The van der Waals surface area contributed by atoms with Gasteiger partial charge in [-0.3, -0.25) is 9.79 Å². The third-order valence-electron chi connectivity index (χ3n) is 4.25. The van der Waals surface area contributed by atoms with Gasteiger partial charge in [0.2, 0.25) is 5.91 Å². The number of nitrogens with zero attached hydrogens (tertiary/aromatic N) is 3. The van der Waals surface area contributed by atoms with E-state index in [1.807, 2.05) is 37.8 Å². The fourth-order valence-corrected chi connectivity index (χ4v) is 3.82. The molecule has 2 N–H and O–H groups in total. The van der Waals surface area contributed by atoms with Gasteiger partial charge in [-0.15, -0.1) is 35.3 Å². The zero-order valence-corrected chi connectivity index (χ0v) is 20.2. The van der Waals surface area contributed by atoms with E-state index in [0.717, 1.165) is 55.5 Å². The number of thiazole rings is 1. The van der Waals surface area contributed by atoms with Crippen molar-refractivity contribution in [2.45, 2.75) is 40.0 Å². The molecular formula is C20H32IN5OS. The van der Waals surface area contributed by atoms with E-state index >= 15 is 0 Å². The van der Waals surface area contributed by atoms with Crippen molar-refractivity contribution >= 4 is 57.4 Å². The summed E-state index contributed by atoms with van der Waals surface area (Å²) in [5.74, 6) is 0.952. The maximum atomic E-state index is 12.1. The maximum absolute atomic E-state index is 12.1. The van der Waals surface area contributed by atoms with Crippen molar-refractivity contribution in [1.29, 1.82) is 0 Å². The normalized spacial score (nSPS) is 11.2. The van der Waals surface area contributed by atoms with Crippen molar-refractivity contribution in [2.24, 2.45) is 4.99 Å². The number of halogens is 1. The molecule has 6 nitrogen and oxygen atoms in total. The molecule has 1 heterocycles. The minimum absolute atomic E-state index is 0. The number of rotatable bonds is 10. The molecular weight excluding hydrogens is 485 g/mol. The highest BCUT2D eigenvalue weighted by atomic mass is 127. The molecule has 0 unspecified atom stereocenters. The van der Waals surface area contributed by atoms with Crippen LogP contribution in [0, 0.1) is 0 Å². The summed E-state index contributed by atoms with van der Waals surface area (Å²) >= 11 is 1.76. The van der Waals surface area contributed by atoms with Gasteiger partial charge in [-0.2, -0.15) is 0 Å². The van der Waals surface area contributed by atoms with Gasteiger partial charge in [0.15, 0.2) is 5.96 Å². The van der Waals surface area contributed by atoms with E-state index in [1.165, 1.54) is 4.70 Å². The highest BCUT2D eigenvalue weighted by Crippen LogP contribution is 2.22. The second-order valence-corrected chi connectivity index (χ2v) is 7.30. The number of aryl methyl sites for hydroxylation is 1. The van der Waals surface area contributed by atoms with Gasteiger partial charge in [0.05, 0.1) is 15.2 Å². The number of amides is 1. The molecule has 28 heavy (non-hydrogen) atoms. The molecule has 1 amide bonds. The zero-order valence-electron chi connectivity index (χ0n) is 17.0. The zero-order chi connectivity index (χ0) is 19.5. The van der Waals surface area contributed by atoms with Crippen molar-refractivity contribution in [1.82, 2.24) is 20.5 Å². The highest BCUT2D eigenvalue weighted by Gasteiger charge is 2.09. The predicted molar refractivity (Wildman–Crippen MR) is 130 cm³/mol. The molecule has 1 aromatic carbocycles. The second kappa shape index (κ2) is 13.7. The van der Waals surface area contributed by atoms with E-state index < -0.39 is 0 Å². The fourth-order valence-electron chi connectivity index (χ4n) is 2.81.